The van der Waals surface area contributed by atoms with Gasteiger partial charge in [-0.1, -0.05) is 0 Å². The van der Waals surface area contributed by atoms with Crippen molar-refractivity contribution in [3.8, 4) is 11.3 Å². The molecule has 0 aromatic carbocycles. The van der Waals surface area contributed by atoms with Gasteiger partial charge in [-0.25, -0.2) is 4.98 Å². The van der Waals surface area contributed by atoms with Gasteiger partial charge in [-0.15, -0.1) is 0 Å². The summed E-state index contributed by atoms with van der Waals surface area (Å²) < 4.78 is 3.08. The van der Waals surface area contributed by atoms with Crippen LogP contribution in [0.5, 0.6) is 0 Å². The van der Waals surface area contributed by atoms with Crippen molar-refractivity contribution in [2.75, 3.05) is 0 Å². The van der Waals surface area contributed by atoms with Crippen molar-refractivity contribution in [2.45, 2.75) is 6.92 Å². The first-order valence-electron chi connectivity index (χ1n) is 5.29. The topological polar surface area (TPSA) is 30.2 Å². The lowest BCUT2D eigenvalue weighted by atomic mass is 10.2. The average Bonchev–Trinajstić information content (AvgIpc) is 2.74. The molecule has 0 radical (unpaired) electrons. The Labute approximate surface area is 107 Å². The number of halogens is 1. The van der Waals surface area contributed by atoms with Crippen molar-refractivity contribution >= 4 is 21.6 Å². The van der Waals surface area contributed by atoms with Gasteiger partial charge in [0.1, 0.15) is 5.65 Å². The molecule has 0 atom stereocenters. The zero-order valence-corrected chi connectivity index (χ0v) is 10.8. The molecule has 0 bridgehead atoms. The van der Waals surface area contributed by atoms with E-state index < -0.39 is 0 Å². The van der Waals surface area contributed by atoms with E-state index >= 15 is 0 Å². The average molecular weight is 288 g/mol. The molecule has 0 N–H and O–H groups in total. The van der Waals surface area contributed by atoms with Crippen LogP contribution in [-0.4, -0.2) is 14.4 Å². The molecule has 0 aliphatic carbocycles. The summed E-state index contributed by atoms with van der Waals surface area (Å²) in [5.41, 5.74) is 4.10. The third-order valence-corrected chi connectivity index (χ3v) is 3.09. The maximum atomic E-state index is 4.63. The van der Waals surface area contributed by atoms with Crippen LogP contribution in [0.25, 0.3) is 16.9 Å². The van der Waals surface area contributed by atoms with E-state index in [-0.39, 0.29) is 0 Å². The summed E-state index contributed by atoms with van der Waals surface area (Å²) in [6.45, 7) is 2.06. The van der Waals surface area contributed by atoms with Crippen LogP contribution in [-0.2, 0) is 0 Å². The molecule has 17 heavy (non-hydrogen) atoms. The molecule has 0 unspecified atom stereocenters. The van der Waals surface area contributed by atoms with E-state index in [0.717, 1.165) is 26.9 Å². The third-order valence-electron chi connectivity index (χ3n) is 2.66. The fourth-order valence-corrected chi connectivity index (χ4v) is 2.44. The first-order valence-corrected chi connectivity index (χ1v) is 6.08. The molecule has 0 saturated heterocycles. The normalized spacial score (nSPS) is 10.9. The van der Waals surface area contributed by atoms with E-state index in [9.17, 15) is 0 Å². The molecule has 0 aliphatic rings. The number of hydrogen-bond acceptors (Lipinski definition) is 2. The van der Waals surface area contributed by atoms with Crippen molar-refractivity contribution in [2.24, 2.45) is 0 Å². The van der Waals surface area contributed by atoms with Crippen LogP contribution in [0.1, 0.15) is 5.56 Å². The highest BCUT2D eigenvalue weighted by atomic mass is 79.9. The van der Waals surface area contributed by atoms with Gasteiger partial charge >= 0.3 is 0 Å². The van der Waals surface area contributed by atoms with Gasteiger partial charge < -0.3 is 4.40 Å². The van der Waals surface area contributed by atoms with Crippen LogP contribution >= 0.6 is 15.9 Å². The Hall–Kier alpha value is -1.68. The molecule has 4 heteroatoms. The van der Waals surface area contributed by atoms with Gasteiger partial charge in [0, 0.05) is 34.8 Å². The largest absolute Gasteiger partial charge is 0.305 e. The zero-order chi connectivity index (χ0) is 11.8. The minimum Gasteiger partial charge on any atom is -0.305 e. The molecule has 0 amide bonds. The molecule has 0 aliphatic heterocycles. The summed E-state index contributed by atoms with van der Waals surface area (Å²) in [7, 11) is 0. The second-order valence-corrected chi connectivity index (χ2v) is 4.86. The smallest absolute Gasteiger partial charge is 0.140 e. The van der Waals surface area contributed by atoms with E-state index in [4.69, 9.17) is 0 Å². The molecule has 0 spiro atoms. The van der Waals surface area contributed by atoms with Crippen molar-refractivity contribution in [3.05, 3.63) is 53.0 Å². The quantitative estimate of drug-likeness (QED) is 0.686. The van der Waals surface area contributed by atoms with Crippen LogP contribution < -0.4 is 0 Å². The fourth-order valence-electron chi connectivity index (χ4n) is 1.88. The highest BCUT2D eigenvalue weighted by Gasteiger charge is 2.06. The van der Waals surface area contributed by atoms with E-state index in [1.54, 1.807) is 6.20 Å². The van der Waals surface area contributed by atoms with Crippen molar-refractivity contribution in [3.63, 3.8) is 0 Å². The molecule has 0 fully saturated rings. The van der Waals surface area contributed by atoms with Crippen molar-refractivity contribution in [1.82, 2.24) is 14.4 Å². The number of fused-ring (bicyclic) bond motifs is 1. The van der Waals surface area contributed by atoms with Gasteiger partial charge in [0.15, 0.2) is 0 Å². The van der Waals surface area contributed by atoms with E-state index in [2.05, 4.69) is 38.9 Å². The number of aromatic nitrogens is 3. The third kappa shape index (κ3) is 1.85. The molecular formula is C13H10BrN3. The summed E-state index contributed by atoms with van der Waals surface area (Å²) in [6, 6.07) is 6.00. The Morgan fingerprint density at radius 2 is 2.18 bits per heavy atom. The van der Waals surface area contributed by atoms with E-state index in [1.807, 2.05) is 35.1 Å². The maximum Gasteiger partial charge on any atom is 0.140 e. The second-order valence-electron chi connectivity index (χ2n) is 3.94. The van der Waals surface area contributed by atoms with Crippen LogP contribution in [0.2, 0.25) is 0 Å². The molecular weight excluding hydrogens is 278 g/mol. The minimum absolute atomic E-state index is 0.944. The number of hydrogen-bond donors (Lipinski definition) is 0. The highest BCUT2D eigenvalue weighted by Crippen LogP contribution is 2.22. The Morgan fingerprint density at radius 1 is 1.29 bits per heavy atom. The zero-order valence-electron chi connectivity index (χ0n) is 9.26. The van der Waals surface area contributed by atoms with Gasteiger partial charge in [0.05, 0.1) is 5.69 Å². The molecule has 3 heterocycles. The monoisotopic (exact) mass is 287 g/mol. The number of nitrogens with zero attached hydrogens (tertiary/aromatic N) is 3. The van der Waals surface area contributed by atoms with Crippen LogP contribution in [0.3, 0.4) is 0 Å². The Morgan fingerprint density at radius 3 is 2.94 bits per heavy atom. The predicted octanol–water partition coefficient (Wildman–Crippen LogP) is 3.47. The molecule has 84 valence electrons. The lowest BCUT2D eigenvalue weighted by molar-refractivity contribution is 1.15. The first-order chi connectivity index (χ1) is 8.24. The molecule has 0 saturated carbocycles. The van der Waals surface area contributed by atoms with Gasteiger partial charge in [-0.2, -0.15) is 0 Å². The van der Waals surface area contributed by atoms with Crippen LogP contribution in [0.15, 0.2) is 47.5 Å². The minimum atomic E-state index is 0.944. The standard InChI is InChI=1S/C13H10BrN3/c1-9-5-11(14)7-17-8-12(16-13(9)17)10-3-2-4-15-6-10/h2-8H,1H3. The van der Waals surface area contributed by atoms with Gasteiger partial charge in [-0.3, -0.25) is 4.98 Å². The lowest BCUT2D eigenvalue weighted by Crippen LogP contribution is -1.86. The Kier molecular flexibility index (Phi) is 2.44. The molecule has 3 aromatic rings. The summed E-state index contributed by atoms with van der Waals surface area (Å²) in [5, 5.41) is 0. The Bertz CT molecular complexity index is 674. The summed E-state index contributed by atoms with van der Waals surface area (Å²) in [5.74, 6) is 0. The van der Waals surface area contributed by atoms with Crippen molar-refractivity contribution in [1.29, 1.82) is 0 Å². The number of pyridine rings is 2. The number of imidazole rings is 1. The van der Waals surface area contributed by atoms with Crippen molar-refractivity contribution < 1.29 is 0 Å². The van der Waals surface area contributed by atoms with Crippen LogP contribution in [0.4, 0.5) is 0 Å². The highest BCUT2D eigenvalue weighted by molar-refractivity contribution is 9.10. The maximum absolute atomic E-state index is 4.63. The number of rotatable bonds is 1. The van der Waals surface area contributed by atoms with Gasteiger partial charge in [0.25, 0.3) is 0 Å². The predicted molar refractivity (Wildman–Crippen MR) is 70.9 cm³/mol. The van der Waals surface area contributed by atoms with Gasteiger partial charge in [-0.05, 0) is 46.6 Å². The SMILES string of the molecule is Cc1cc(Br)cn2cc(-c3cccnc3)nc12. The summed E-state index contributed by atoms with van der Waals surface area (Å²) in [4.78, 5) is 8.74. The Balaban J connectivity index is 2.24. The second kappa shape index (κ2) is 3.96. The van der Waals surface area contributed by atoms with Gasteiger partial charge in [0.2, 0.25) is 0 Å². The summed E-state index contributed by atoms with van der Waals surface area (Å²) >= 11 is 3.49. The number of aryl methyl sites for hydroxylation is 1. The van der Waals surface area contributed by atoms with E-state index in [1.165, 1.54) is 0 Å². The molecule has 3 nitrogen and oxygen atoms in total. The fraction of sp³-hybridized carbons (Fsp3) is 0.0769. The molecule has 3 rings (SSSR count). The molecule has 3 aromatic heterocycles. The first kappa shape index (κ1) is 10.5. The van der Waals surface area contributed by atoms with E-state index in [0.29, 0.717) is 0 Å². The summed E-state index contributed by atoms with van der Waals surface area (Å²) in [6.07, 6.45) is 7.62. The lowest BCUT2D eigenvalue weighted by Gasteiger charge is -1.97. The van der Waals surface area contributed by atoms with Crippen LogP contribution in [0, 0.1) is 6.92 Å².